The lowest BCUT2D eigenvalue weighted by Crippen LogP contribution is -2.64. The quantitative estimate of drug-likeness (QED) is 0.0166. The number of ether oxygens (including phenoxy) is 2. The Kier molecular flexibility index (Phi) is 29.7. The van der Waals surface area contributed by atoms with E-state index in [-0.39, 0.29) is 12.8 Å². The number of hydrogen-bond donors (Lipinski definition) is 6. The van der Waals surface area contributed by atoms with Crippen molar-refractivity contribution >= 4 is 19.8 Å². The van der Waals surface area contributed by atoms with Crippen molar-refractivity contribution in [3.05, 3.63) is 12.2 Å². The van der Waals surface area contributed by atoms with Gasteiger partial charge in [0.15, 0.2) is 6.10 Å². The standard InChI is InChI=1S/C40H75O13P/c1-3-5-7-9-11-13-15-17-19-21-23-25-27-29-34(42)52-32(30-50-33(41)28-26-24-22-20-18-16-14-12-10-8-6-4-2)31-51-54(48,49)53-40-38(46)36(44)35(43)37(45)39(40)47/h13,15,32,35-40,43-47H,3-12,14,16-31H2,1-2H3,(H,48,49)/b15-13+/t32-,35?,36-,37?,38?,39?,40?/m1/s1. The van der Waals surface area contributed by atoms with Gasteiger partial charge in [-0.3, -0.25) is 18.6 Å². The molecule has 318 valence electrons. The molecule has 0 radical (unpaired) electrons. The van der Waals surface area contributed by atoms with Crippen LogP contribution in [0.4, 0.5) is 0 Å². The highest BCUT2D eigenvalue weighted by atomic mass is 31.2. The molecule has 8 atom stereocenters. The third-order valence-electron chi connectivity index (χ3n) is 9.86. The summed E-state index contributed by atoms with van der Waals surface area (Å²) in [6.45, 7) is 3.25. The van der Waals surface area contributed by atoms with Crippen molar-refractivity contribution < 1.29 is 63.1 Å². The van der Waals surface area contributed by atoms with Crippen LogP contribution in [0, 0.1) is 0 Å². The van der Waals surface area contributed by atoms with Crippen LogP contribution in [0.5, 0.6) is 0 Å². The molecule has 0 heterocycles. The lowest BCUT2D eigenvalue weighted by molar-refractivity contribution is -0.220. The maximum atomic E-state index is 12.8. The van der Waals surface area contributed by atoms with E-state index in [1.165, 1.54) is 77.0 Å². The lowest BCUT2D eigenvalue weighted by atomic mass is 9.85. The van der Waals surface area contributed by atoms with E-state index >= 15 is 0 Å². The molecule has 0 aromatic carbocycles. The molecule has 6 unspecified atom stereocenters. The molecule has 1 fully saturated rings. The van der Waals surface area contributed by atoms with E-state index in [1.807, 2.05) is 0 Å². The summed E-state index contributed by atoms with van der Waals surface area (Å²) in [5, 5.41) is 50.0. The van der Waals surface area contributed by atoms with Crippen LogP contribution in [-0.2, 0) is 32.7 Å². The molecule has 0 aromatic rings. The van der Waals surface area contributed by atoms with Gasteiger partial charge in [0.25, 0.3) is 0 Å². The van der Waals surface area contributed by atoms with Gasteiger partial charge in [-0.15, -0.1) is 0 Å². The Labute approximate surface area is 324 Å². The molecule has 1 aliphatic rings. The highest BCUT2D eigenvalue weighted by Gasteiger charge is 2.51. The minimum Gasteiger partial charge on any atom is -0.462 e. The Morgan fingerprint density at radius 2 is 0.944 bits per heavy atom. The van der Waals surface area contributed by atoms with Crippen LogP contribution in [0.1, 0.15) is 174 Å². The molecule has 6 N–H and O–H groups in total. The van der Waals surface area contributed by atoms with E-state index in [4.69, 9.17) is 18.5 Å². The van der Waals surface area contributed by atoms with E-state index in [2.05, 4.69) is 26.0 Å². The molecule has 0 spiro atoms. The van der Waals surface area contributed by atoms with Crippen LogP contribution in [0.25, 0.3) is 0 Å². The second-order valence-electron chi connectivity index (χ2n) is 14.8. The van der Waals surface area contributed by atoms with Crippen LogP contribution in [0.15, 0.2) is 12.2 Å². The highest BCUT2D eigenvalue weighted by Crippen LogP contribution is 2.47. The minimum absolute atomic E-state index is 0.0901. The number of carbonyl (C=O) groups excluding carboxylic acids is 2. The van der Waals surface area contributed by atoms with Crippen molar-refractivity contribution in [3.8, 4) is 0 Å². The van der Waals surface area contributed by atoms with E-state index in [9.17, 15) is 44.6 Å². The van der Waals surface area contributed by atoms with E-state index in [0.717, 1.165) is 57.8 Å². The monoisotopic (exact) mass is 794 g/mol. The Morgan fingerprint density at radius 1 is 0.556 bits per heavy atom. The third-order valence-corrected chi connectivity index (χ3v) is 10.8. The highest BCUT2D eigenvalue weighted by molar-refractivity contribution is 7.47. The lowest BCUT2D eigenvalue weighted by Gasteiger charge is -2.41. The average Bonchev–Trinajstić information content (AvgIpc) is 3.15. The molecule has 14 heteroatoms. The second-order valence-corrected chi connectivity index (χ2v) is 16.3. The number of aliphatic hydroxyl groups excluding tert-OH is 5. The van der Waals surface area contributed by atoms with E-state index in [0.29, 0.717) is 12.8 Å². The fourth-order valence-corrected chi connectivity index (χ4v) is 7.37. The van der Waals surface area contributed by atoms with Crippen molar-refractivity contribution in [1.82, 2.24) is 0 Å². The van der Waals surface area contributed by atoms with Gasteiger partial charge in [-0.25, -0.2) is 4.57 Å². The number of rotatable bonds is 34. The molecule has 0 aliphatic heterocycles. The number of carbonyl (C=O) groups is 2. The van der Waals surface area contributed by atoms with Crippen LogP contribution in [-0.4, -0.2) is 98.3 Å². The normalized spacial score (nSPS) is 23.3. The number of phosphoric acid groups is 1. The first-order valence-corrected chi connectivity index (χ1v) is 22.5. The SMILES string of the molecule is CCCCCC/C=C/CCCCCCCC(=O)O[C@H](COC(=O)CCCCCCCCCCCCCC)COP(=O)(O)OC1C(O)C(O)C(O)[C@@H](O)C1O. The summed E-state index contributed by atoms with van der Waals surface area (Å²) in [5.41, 5.74) is 0. The predicted molar refractivity (Wildman–Crippen MR) is 207 cm³/mol. The van der Waals surface area contributed by atoms with Crippen molar-refractivity contribution in [3.63, 3.8) is 0 Å². The zero-order valence-corrected chi connectivity index (χ0v) is 34.2. The second kappa shape index (κ2) is 31.6. The van der Waals surface area contributed by atoms with E-state index in [1.54, 1.807) is 0 Å². The average molecular weight is 795 g/mol. The van der Waals surface area contributed by atoms with Crippen LogP contribution in [0.3, 0.4) is 0 Å². The summed E-state index contributed by atoms with van der Waals surface area (Å²) in [6.07, 6.45) is 17.1. The van der Waals surface area contributed by atoms with Gasteiger partial charge in [0.1, 0.15) is 43.2 Å². The van der Waals surface area contributed by atoms with Crippen molar-refractivity contribution in [2.45, 2.75) is 217 Å². The number of hydrogen-bond acceptors (Lipinski definition) is 12. The molecule has 0 aromatic heterocycles. The molecule has 1 rings (SSSR count). The van der Waals surface area contributed by atoms with Gasteiger partial charge in [-0.05, 0) is 38.5 Å². The van der Waals surface area contributed by atoms with Crippen LogP contribution >= 0.6 is 7.82 Å². The van der Waals surface area contributed by atoms with Gasteiger partial charge in [-0.1, -0.05) is 135 Å². The van der Waals surface area contributed by atoms with Gasteiger partial charge in [-0.2, -0.15) is 0 Å². The summed E-state index contributed by atoms with van der Waals surface area (Å²) < 4.78 is 33.4. The number of allylic oxidation sites excluding steroid dienone is 2. The van der Waals surface area contributed by atoms with Gasteiger partial charge >= 0.3 is 19.8 Å². The molecular weight excluding hydrogens is 719 g/mol. The van der Waals surface area contributed by atoms with Crippen LogP contribution in [0.2, 0.25) is 0 Å². The number of unbranched alkanes of at least 4 members (excludes halogenated alkanes) is 20. The van der Waals surface area contributed by atoms with Crippen molar-refractivity contribution in [2.75, 3.05) is 13.2 Å². The van der Waals surface area contributed by atoms with Crippen LogP contribution < -0.4 is 0 Å². The summed E-state index contributed by atoms with van der Waals surface area (Å²) in [4.78, 5) is 35.5. The maximum Gasteiger partial charge on any atom is 0.472 e. The van der Waals surface area contributed by atoms with Crippen molar-refractivity contribution in [1.29, 1.82) is 0 Å². The third kappa shape index (κ3) is 24.3. The number of esters is 2. The molecule has 0 saturated heterocycles. The largest absolute Gasteiger partial charge is 0.472 e. The minimum atomic E-state index is -5.11. The molecule has 13 nitrogen and oxygen atoms in total. The Hall–Kier alpha value is -1.41. The zero-order chi connectivity index (χ0) is 40.0. The Balaban J connectivity index is 2.52. The summed E-state index contributed by atoms with van der Waals surface area (Å²) in [5.74, 6) is -1.11. The molecule has 54 heavy (non-hydrogen) atoms. The molecule has 0 amide bonds. The first-order valence-electron chi connectivity index (χ1n) is 21.0. The van der Waals surface area contributed by atoms with Crippen molar-refractivity contribution in [2.24, 2.45) is 0 Å². The first-order chi connectivity index (χ1) is 25.9. The van der Waals surface area contributed by atoms with Gasteiger partial charge in [0, 0.05) is 12.8 Å². The maximum absolute atomic E-state index is 12.8. The number of aliphatic hydroxyl groups is 5. The molecule has 1 aliphatic carbocycles. The zero-order valence-electron chi connectivity index (χ0n) is 33.3. The van der Waals surface area contributed by atoms with Gasteiger partial charge < -0.3 is 39.9 Å². The van der Waals surface area contributed by atoms with Gasteiger partial charge in [0.05, 0.1) is 6.61 Å². The van der Waals surface area contributed by atoms with E-state index < -0.39 is 75.7 Å². The molecule has 0 bridgehead atoms. The fourth-order valence-electron chi connectivity index (χ4n) is 6.40. The summed E-state index contributed by atoms with van der Waals surface area (Å²) in [6, 6.07) is 0. The summed E-state index contributed by atoms with van der Waals surface area (Å²) >= 11 is 0. The molecular formula is C40H75O13P. The fraction of sp³-hybridized carbons (Fsp3) is 0.900. The Bertz CT molecular complexity index is 1010. The predicted octanol–water partition coefficient (Wildman–Crippen LogP) is 7.11. The topological polar surface area (TPSA) is 210 Å². The first kappa shape index (κ1) is 50.6. The Morgan fingerprint density at radius 3 is 1.43 bits per heavy atom. The summed E-state index contributed by atoms with van der Waals surface area (Å²) in [7, 11) is -5.11. The molecule has 1 saturated carbocycles. The van der Waals surface area contributed by atoms with Gasteiger partial charge in [0.2, 0.25) is 0 Å². The number of phosphoric ester groups is 1. The smallest absolute Gasteiger partial charge is 0.462 e.